The number of hydrogen-bond acceptors (Lipinski definition) is 0. The van der Waals surface area contributed by atoms with Crippen molar-refractivity contribution in [1.82, 2.24) is 0 Å². The van der Waals surface area contributed by atoms with Gasteiger partial charge in [0.05, 0.1) is 55.4 Å². The van der Waals surface area contributed by atoms with Gasteiger partial charge >= 0.3 is 0 Å². The van der Waals surface area contributed by atoms with Crippen molar-refractivity contribution in [3.05, 3.63) is 0 Å². The van der Waals surface area contributed by atoms with Gasteiger partial charge in [0.1, 0.15) is 0 Å². The van der Waals surface area contributed by atoms with Crippen molar-refractivity contribution < 1.29 is 49.9 Å². The average Bonchev–Trinajstić information content (AvgIpc) is 2.88. The van der Waals surface area contributed by atoms with Crippen molar-refractivity contribution in [2.24, 2.45) is 0 Å². The van der Waals surface area contributed by atoms with Crippen LogP contribution in [0.2, 0.25) is 0 Å². The average molecular weight is 776 g/mol. The van der Waals surface area contributed by atoms with E-state index in [4.69, 9.17) is 0 Å². The minimum Gasteiger partial charge on any atom is -1.00 e. The lowest BCUT2D eigenvalue weighted by Crippen LogP contribution is -3.00. The third kappa shape index (κ3) is 53.7. The van der Waals surface area contributed by atoms with Crippen molar-refractivity contribution in [3.63, 3.8) is 0 Å². The predicted octanol–water partition coefficient (Wildman–Crippen LogP) is 6.36. The quantitative estimate of drug-likeness (QED) is 0.0454. The molecule has 0 N–H and O–H groups in total. The molecule has 0 spiro atoms. The van der Waals surface area contributed by atoms with Gasteiger partial charge in [-0.3, -0.25) is 0 Å². The summed E-state index contributed by atoms with van der Waals surface area (Å²) in [7, 11) is 13.8. The van der Waals surface area contributed by atoms with Gasteiger partial charge in [0.15, 0.2) is 0 Å². The van der Waals surface area contributed by atoms with Crippen LogP contribution in [0.3, 0.4) is 0 Å². The normalized spacial score (nSPS) is 11.4. The van der Waals surface area contributed by atoms with Gasteiger partial charge in [0, 0.05) is 0 Å². The van der Waals surface area contributed by atoms with Crippen molar-refractivity contribution in [2.75, 3.05) is 55.4 Å². The zero-order valence-corrected chi connectivity index (χ0v) is 34.6. The van der Waals surface area contributed by atoms with Crippen molar-refractivity contribution in [1.29, 1.82) is 0 Å². The van der Waals surface area contributed by atoms with E-state index in [1.165, 1.54) is 193 Å². The summed E-state index contributed by atoms with van der Waals surface area (Å²) in [5.74, 6) is 0. The Morgan fingerprint density at radius 1 is 0.262 bits per heavy atom. The summed E-state index contributed by atoms with van der Waals surface area (Å²) in [4.78, 5) is 0. The predicted molar refractivity (Wildman–Crippen MR) is 186 cm³/mol. The van der Waals surface area contributed by atoms with Crippen LogP contribution in [0.5, 0.6) is 0 Å². The molecule has 0 aliphatic rings. The van der Waals surface area contributed by atoms with E-state index in [0.29, 0.717) is 0 Å². The molecule has 2 nitrogen and oxygen atoms in total. The number of unbranched alkanes of at least 4 members (excludes halogenated alkanes) is 26. The van der Waals surface area contributed by atoms with Crippen molar-refractivity contribution >= 4 is 0 Å². The molecule has 42 heavy (non-hydrogen) atoms. The Kier molecular flexibility index (Phi) is 45.6. The smallest absolute Gasteiger partial charge is 0.0780 e. The summed E-state index contributed by atoms with van der Waals surface area (Å²) in [5.41, 5.74) is 0. The van der Waals surface area contributed by atoms with Crippen molar-refractivity contribution in [2.45, 2.75) is 194 Å². The lowest BCUT2D eigenvalue weighted by Gasteiger charge is -2.23. The van der Waals surface area contributed by atoms with Gasteiger partial charge in [-0.2, -0.15) is 0 Å². The van der Waals surface area contributed by atoms with Crippen LogP contribution in [0.25, 0.3) is 0 Å². The van der Waals surface area contributed by atoms with Gasteiger partial charge in [-0.1, -0.05) is 168 Å². The van der Waals surface area contributed by atoms with Gasteiger partial charge in [0.25, 0.3) is 0 Å². The Morgan fingerprint density at radius 3 is 0.548 bits per heavy atom. The van der Waals surface area contributed by atoms with E-state index in [2.05, 4.69) is 56.1 Å². The Balaban J connectivity index is -0.000000328. The highest BCUT2D eigenvalue weighted by Gasteiger charge is 2.06. The summed E-state index contributed by atoms with van der Waals surface area (Å²) in [6, 6.07) is 0. The minimum absolute atomic E-state index is 0. The molecule has 0 saturated carbocycles. The molecule has 0 rings (SSSR count). The fourth-order valence-corrected chi connectivity index (χ4v) is 5.56. The molecule has 0 aromatic heterocycles. The molecule has 0 heterocycles. The van der Waals surface area contributed by atoms with E-state index < -0.39 is 0 Å². The van der Waals surface area contributed by atoms with Crippen LogP contribution in [-0.2, 0) is 0 Å². The zero-order chi connectivity index (χ0) is 30.2. The molecule has 0 aromatic carbocycles. The van der Waals surface area contributed by atoms with E-state index in [1.54, 1.807) is 0 Å². The maximum absolute atomic E-state index is 2.29. The molecule has 0 aliphatic carbocycles. The molecule has 0 saturated heterocycles. The highest BCUT2D eigenvalue weighted by molar-refractivity contribution is 4.50. The Labute approximate surface area is 297 Å². The summed E-state index contributed by atoms with van der Waals surface area (Å²) in [6.07, 6.45) is 40.7. The lowest BCUT2D eigenvalue weighted by atomic mass is 10.0. The van der Waals surface area contributed by atoms with E-state index in [9.17, 15) is 0 Å². The van der Waals surface area contributed by atoms with E-state index in [-0.39, 0.29) is 41.0 Å². The Morgan fingerprint density at radius 2 is 0.405 bits per heavy atom. The van der Waals surface area contributed by atoms with Gasteiger partial charge < -0.3 is 49.9 Å². The second-order valence-electron chi connectivity index (χ2n) is 15.2. The molecule has 0 aliphatic heterocycles. The molecule has 4 heteroatoms. The third-order valence-corrected chi connectivity index (χ3v) is 8.36. The fourth-order valence-electron chi connectivity index (χ4n) is 5.56. The second-order valence-corrected chi connectivity index (χ2v) is 15.2. The summed E-state index contributed by atoms with van der Waals surface area (Å²) >= 11 is 0. The van der Waals surface area contributed by atoms with Crippen LogP contribution < -0.4 is 41.0 Å². The lowest BCUT2D eigenvalue weighted by molar-refractivity contribution is -0.870. The summed E-state index contributed by atoms with van der Waals surface area (Å²) in [5, 5.41) is 0. The monoisotopic (exact) mass is 774 g/mol. The van der Waals surface area contributed by atoms with Crippen LogP contribution in [-0.4, -0.2) is 64.3 Å². The highest BCUT2D eigenvalue weighted by Crippen LogP contribution is 2.14. The molecule has 260 valence electrons. The molecule has 0 bridgehead atoms. The first-order valence-corrected chi connectivity index (χ1v) is 18.7. The van der Waals surface area contributed by atoms with Gasteiger partial charge in [-0.15, -0.1) is 0 Å². The Bertz CT molecular complexity index is 417. The summed E-state index contributed by atoms with van der Waals surface area (Å²) in [6.45, 7) is 7.25. The van der Waals surface area contributed by atoms with E-state index in [0.717, 1.165) is 8.97 Å². The number of halogens is 2. The zero-order valence-electron chi connectivity index (χ0n) is 30.9. The molecule has 0 amide bonds. The minimum atomic E-state index is 0. The molecular weight excluding hydrogens is 691 g/mol. The molecule has 0 radical (unpaired) electrons. The van der Waals surface area contributed by atoms with Gasteiger partial charge in [-0.05, 0) is 25.7 Å². The topological polar surface area (TPSA) is 0 Å². The first-order chi connectivity index (χ1) is 19.1. The van der Waals surface area contributed by atoms with Gasteiger partial charge in [-0.25, -0.2) is 0 Å². The summed E-state index contributed by atoms with van der Waals surface area (Å²) < 4.78 is 2.25. The van der Waals surface area contributed by atoms with Gasteiger partial charge in [0.2, 0.25) is 0 Å². The highest BCUT2D eigenvalue weighted by atomic mass is 127. The molecule has 0 unspecified atom stereocenters. The number of quaternary nitrogens is 2. The van der Waals surface area contributed by atoms with E-state index in [1.807, 2.05) is 0 Å². The SMILES string of the molecule is CCCCCCCCCCCCCCCC[N+](C)(C)C.CCCCCCCCCCCCCCCC[N+](C)(C)C.[Br-].[I-]. The maximum Gasteiger partial charge on any atom is 0.0780 e. The van der Waals surface area contributed by atoms with Crippen LogP contribution >= 0.6 is 0 Å². The molecule has 0 atom stereocenters. The standard InChI is InChI=1S/2C19H42N.BrH.HI/c2*1-5-6-7-8-9-10-11-12-13-14-15-16-17-18-19-20(2,3)4;;/h2*5-19H2,1-4H3;2*1H/q2*+1;;/p-2. The molecule has 0 aromatic rings. The first kappa shape index (κ1) is 50.0. The van der Waals surface area contributed by atoms with Crippen molar-refractivity contribution in [3.8, 4) is 0 Å². The molecular formula is C38H84BrIN2. The van der Waals surface area contributed by atoms with Crippen LogP contribution in [0.4, 0.5) is 0 Å². The number of hydrogen-bond donors (Lipinski definition) is 0. The van der Waals surface area contributed by atoms with E-state index >= 15 is 0 Å². The Hall–Kier alpha value is 1.13. The fraction of sp³-hybridized carbons (Fsp3) is 1.00. The van der Waals surface area contributed by atoms with Crippen LogP contribution in [0.1, 0.15) is 194 Å². The van der Waals surface area contributed by atoms with Crippen LogP contribution in [0, 0.1) is 0 Å². The second kappa shape index (κ2) is 38.3. The number of nitrogens with zero attached hydrogens (tertiary/aromatic N) is 2. The first-order valence-electron chi connectivity index (χ1n) is 18.7. The third-order valence-electron chi connectivity index (χ3n) is 8.36. The number of rotatable bonds is 30. The van der Waals surface area contributed by atoms with Crippen LogP contribution in [0.15, 0.2) is 0 Å². The largest absolute Gasteiger partial charge is 1.00 e. The molecule has 0 fully saturated rings. The maximum atomic E-state index is 2.29.